The van der Waals surface area contributed by atoms with Crippen LogP contribution in [-0.4, -0.2) is 31.2 Å². The minimum absolute atomic E-state index is 0.611. The fourth-order valence-electron chi connectivity index (χ4n) is 2.75. The molecule has 20 heavy (non-hydrogen) atoms. The van der Waals surface area contributed by atoms with Crippen LogP contribution in [0.5, 0.6) is 0 Å². The van der Waals surface area contributed by atoms with Crippen molar-refractivity contribution in [3.63, 3.8) is 0 Å². The van der Waals surface area contributed by atoms with E-state index in [0.29, 0.717) is 12.6 Å². The van der Waals surface area contributed by atoms with Crippen molar-refractivity contribution in [2.24, 2.45) is 0 Å². The van der Waals surface area contributed by atoms with Crippen LogP contribution in [0, 0.1) is 0 Å². The van der Waals surface area contributed by atoms with Crippen molar-refractivity contribution in [2.45, 2.75) is 58.7 Å². The van der Waals surface area contributed by atoms with Gasteiger partial charge in [0.1, 0.15) is 0 Å². The van der Waals surface area contributed by atoms with Gasteiger partial charge in [0.05, 0.1) is 12.3 Å². The molecule has 1 fully saturated rings. The van der Waals surface area contributed by atoms with E-state index in [9.17, 15) is 0 Å². The zero-order chi connectivity index (χ0) is 14.4. The van der Waals surface area contributed by atoms with Crippen LogP contribution >= 0.6 is 11.3 Å². The SMILES string of the molecule is CCN(CC)c1nc(COC)c(CNC2CCCC2)s1. The lowest BCUT2D eigenvalue weighted by molar-refractivity contribution is 0.181. The van der Waals surface area contributed by atoms with Crippen LogP contribution in [0.15, 0.2) is 0 Å². The van der Waals surface area contributed by atoms with Gasteiger partial charge in [-0.1, -0.05) is 12.8 Å². The zero-order valence-electron chi connectivity index (χ0n) is 12.9. The summed E-state index contributed by atoms with van der Waals surface area (Å²) in [6, 6.07) is 0.699. The molecule has 5 heteroatoms. The average molecular weight is 297 g/mol. The smallest absolute Gasteiger partial charge is 0.185 e. The van der Waals surface area contributed by atoms with E-state index in [1.54, 1.807) is 7.11 Å². The minimum atomic E-state index is 0.611. The van der Waals surface area contributed by atoms with Crippen molar-refractivity contribution in [3.05, 3.63) is 10.6 Å². The predicted octanol–water partition coefficient (Wildman–Crippen LogP) is 3.17. The maximum absolute atomic E-state index is 5.30. The first-order valence-electron chi connectivity index (χ1n) is 7.74. The number of ether oxygens (including phenoxy) is 1. The largest absolute Gasteiger partial charge is 0.378 e. The van der Waals surface area contributed by atoms with Crippen LogP contribution < -0.4 is 10.2 Å². The Bertz CT molecular complexity index is 398. The summed E-state index contributed by atoms with van der Waals surface area (Å²) < 4.78 is 5.30. The minimum Gasteiger partial charge on any atom is -0.378 e. The van der Waals surface area contributed by atoms with Crippen LogP contribution in [0.2, 0.25) is 0 Å². The number of hydrogen-bond acceptors (Lipinski definition) is 5. The van der Waals surface area contributed by atoms with Crippen molar-refractivity contribution in [2.75, 3.05) is 25.1 Å². The summed E-state index contributed by atoms with van der Waals surface area (Å²) >= 11 is 1.81. The first-order valence-corrected chi connectivity index (χ1v) is 8.55. The molecule has 2 rings (SSSR count). The molecule has 1 saturated carbocycles. The van der Waals surface area contributed by atoms with E-state index in [4.69, 9.17) is 9.72 Å². The summed E-state index contributed by atoms with van der Waals surface area (Å²) in [5.74, 6) is 0. The van der Waals surface area contributed by atoms with Gasteiger partial charge in [-0.3, -0.25) is 0 Å². The molecule has 0 unspecified atom stereocenters. The van der Waals surface area contributed by atoms with Crippen LogP contribution in [0.4, 0.5) is 5.13 Å². The highest BCUT2D eigenvalue weighted by atomic mass is 32.1. The summed E-state index contributed by atoms with van der Waals surface area (Å²) in [4.78, 5) is 8.41. The van der Waals surface area contributed by atoms with Crippen LogP contribution in [0.25, 0.3) is 0 Å². The van der Waals surface area contributed by atoms with Gasteiger partial charge >= 0.3 is 0 Å². The molecule has 0 atom stereocenters. The monoisotopic (exact) mass is 297 g/mol. The normalized spacial score (nSPS) is 15.9. The Kier molecular flexibility index (Phi) is 6.26. The van der Waals surface area contributed by atoms with E-state index in [-0.39, 0.29) is 0 Å². The second-order valence-electron chi connectivity index (χ2n) is 5.33. The van der Waals surface area contributed by atoms with Crippen molar-refractivity contribution in [3.8, 4) is 0 Å². The second kappa shape index (κ2) is 7.96. The average Bonchev–Trinajstić information content (AvgIpc) is 3.08. The van der Waals surface area contributed by atoms with Gasteiger partial charge < -0.3 is 15.0 Å². The number of rotatable bonds is 8. The fourth-order valence-corrected chi connectivity index (χ4v) is 3.90. The fraction of sp³-hybridized carbons (Fsp3) is 0.800. The zero-order valence-corrected chi connectivity index (χ0v) is 13.8. The number of anilines is 1. The van der Waals surface area contributed by atoms with E-state index in [1.165, 1.54) is 30.6 Å². The molecule has 0 bridgehead atoms. The van der Waals surface area contributed by atoms with Gasteiger partial charge in [-0.05, 0) is 26.7 Å². The Morgan fingerprint density at radius 2 is 2.00 bits per heavy atom. The third-order valence-corrected chi connectivity index (χ3v) is 5.15. The van der Waals surface area contributed by atoms with Gasteiger partial charge in [0.25, 0.3) is 0 Å². The predicted molar refractivity (Wildman–Crippen MR) is 85.5 cm³/mol. The van der Waals surface area contributed by atoms with Crippen LogP contribution in [-0.2, 0) is 17.9 Å². The summed E-state index contributed by atoms with van der Waals surface area (Å²) in [6.45, 7) is 7.91. The first kappa shape index (κ1) is 15.7. The molecule has 1 aliphatic rings. The molecule has 4 nitrogen and oxygen atoms in total. The lowest BCUT2D eigenvalue weighted by Gasteiger charge is -2.16. The summed E-state index contributed by atoms with van der Waals surface area (Å²) in [6.07, 6.45) is 5.38. The molecule has 1 N–H and O–H groups in total. The summed E-state index contributed by atoms with van der Waals surface area (Å²) in [5, 5.41) is 4.81. The van der Waals surface area contributed by atoms with Gasteiger partial charge in [-0.2, -0.15) is 0 Å². The molecule has 1 heterocycles. The highest BCUT2D eigenvalue weighted by Crippen LogP contribution is 2.27. The molecule has 1 aliphatic carbocycles. The Hall–Kier alpha value is -0.650. The summed E-state index contributed by atoms with van der Waals surface area (Å²) in [5.41, 5.74) is 1.10. The third kappa shape index (κ3) is 3.93. The molecular formula is C15H27N3OS. The van der Waals surface area contributed by atoms with Gasteiger partial charge in [0.15, 0.2) is 5.13 Å². The number of nitrogens with one attached hydrogen (secondary N) is 1. The Labute approximate surface area is 126 Å². The highest BCUT2D eigenvalue weighted by Gasteiger charge is 2.18. The van der Waals surface area contributed by atoms with E-state index in [0.717, 1.165) is 30.5 Å². The highest BCUT2D eigenvalue weighted by molar-refractivity contribution is 7.15. The molecule has 1 aromatic rings. The second-order valence-corrected chi connectivity index (χ2v) is 6.40. The number of thiazole rings is 1. The molecule has 0 amide bonds. The molecule has 1 aromatic heterocycles. The topological polar surface area (TPSA) is 37.4 Å². The molecule has 114 valence electrons. The van der Waals surface area contributed by atoms with Gasteiger partial charge in [-0.15, -0.1) is 11.3 Å². The van der Waals surface area contributed by atoms with E-state index in [1.807, 2.05) is 11.3 Å². The molecule has 0 spiro atoms. The lowest BCUT2D eigenvalue weighted by Crippen LogP contribution is -2.25. The first-order chi connectivity index (χ1) is 9.78. The van der Waals surface area contributed by atoms with Crippen molar-refractivity contribution in [1.29, 1.82) is 0 Å². The maximum Gasteiger partial charge on any atom is 0.185 e. The van der Waals surface area contributed by atoms with E-state index < -0.39 is 0 Å². The van der Waals surface area contributed by atoms with E-state index >= 15 is 0 Å². The van der Waals surface area contributed by atoms with Crippen LogP contribution in [0.3, 0.4) is 0 Å². The van der Waals surface area contributed by atoms with Gasteiger partial charge in [0.2, 0.25) is 0 Å². The van der Waals surface area contributed by atoms with Crippen molar-refractivity contribution >= 4 is 16.5 Å². The Balaban J connectivity index is 2.04. The molecule has 0 saturated heterocycles. The molecular weight excluding hydrogens is 270 g/mol. The van der Waals surface area contributed by atoms with Crippen LogP contribution in [0.1, 0.15) is 50.1 Å². The quantitative estimate of drug-likeness (QED) is 0.800. The molecule has 0 aromatic carbocycles. The Morgan fingerprint density at radius 3 is 2.60 bits per heavy atom. The van der Waals surface area contributed by atoms with Crippen molar-refractivity contribution < 1.29 is 4.74 Å². The maximum atomic E-state index is 5.30. The van der Waals surface area contributed by atoms with Crippen molar-refractivity contribution in [1.82, 2.24) is 10.3 Å². The standard InChI is InChI=1S/C15H27N3OS/c1-4-18(5-2)15-17-13(11-19-3)14(20-15)10-16-12-8-6-7-9-12/h12,16H,4-11H2,1-3H3. The molecule has 0 aliphatic heterocycles. The number of nitrogens with zero attached hydrogens (tertiary/aromatic N) is 2. The number of aromatic nitrogens is 1. The van der Waals surface area contributed by atoms with E-state index in [2.05, 4.69) is 24.1 Å². The number of methoxy groups -OCH3 is 1. The number of hydrogen-bond donors (Lipinski definition) is 1. The van der Waals surface area contributed by atoms with Gasteiger partial charge in [-0.25, -0.2) is 4.98 Å². The summed E-state index contributed by atoms with van der Waals surface area (Å²) in [7, 11) is 1.74. The lowest BCUT2D eigenvalue weighted by atomic mass is 10.2. The Morgan fingerprint density at radius 1 is 1.30 bits per heavy atom. The third-order valence-electron chi connectivity index (χ3n) is 3.99. The molecule has 0 radical (unpaired) electrons. The van der Waals surface area contributed by atoms with Gasteiger partial charge in [0, 0.05) is 37.7 Å².